The number of imidazole rings is 1. The molecule has 0 aliphatic rings. The van der Waals surface area contributed by atoms with E-state index in [2.05, 4.69) is 39.4 Å². The molecule has 0 aliphatic carbocycles. The molecular weight excluding hydrogens is 411 g/mol. The number of hydrogen-bond donors (Lipinski definition) is 0. The first-order valence-corrected chi connectivity index (χ1v) is 9.62. The van der Waals surface area contributed by atoms with Crippen molar-refractivity contribution in [1.29, 1.82) is 0 Å². The van der Waals surface area contributed by atoms with Gasteiger partial charge in [-0.2, -0.15) is 5.10 Å². The van der Waals surface area contributed by atoms with Crippen molar-refractivity contribution in [3.63, 3.8) is 0 Å². The van der Waals surface area contributed by atoms with E-state index in [1.54, 1.807) is 4.68 Å². The van der Waals surface area contributed by atoms with Crippen LogP contribution in [0.5, 0.6) is 0 Å². The van der Waals surface area contributed by atoms with Crippen LogP contribution in [0.2, 0.25) is 10.0 Å². The molecule has 2 aromatic heterocycles. The SMILES string of the molecule is CCCCn1c(CC)nc2c1c(C)nn2-c1c(Cl)cc(Br)cc1Cl. The predicted octanol–water partition coefficient (Wildman–Crippen LogP) is 5.96. The summed E-state index contributed by atoms with van der Waals surface area (Å²) in [5, 5.41) is 5.75. The summed E-state index contributed by atoms with van der Waals surface area (Å²) in [6.07, 6.45) is 3.13. The highest BCUT2D eigenvalue weighted by Crippen LogP contribution is 2.34. The van der Waals surface area contributed by atoms with Gasteiger partial charge in [-0.15, -0.1) is 0 Å². The summed E-state index contributed by atoms with van der Waals surface area (Å²) in [5.74, 6) is 1.07. The fourth-order valence-corrected chi connectivity index (χ4v) is 4.32. The second-order valence-corrected chi connectivity index (χ2v) is 7.50. The zero-order valence-electron chi connectivity index (χ0n) is 13.9. The van der Waals surface area contributed by atoms with Crippen molar-refractivity contribution in [2.24, 2.45) is 0 Å². The van der Waals surface area contributed by atoms with Crippen LogP contribution >= 0.6 is 39.1 Å². The summed E-state index contributed by atoms with van der Waals surface area (Å²) in [5.41, 5.74) is 3.48. The molecule has 0 fully saturated rings. The number of aromatic nitrogens is 4. The molecule has 0 bridgehead atoms. The van der Waals surface area contributed by atoms with E-state index in [4.69, 9.17) is 28.2 Å². The maximum atomic E-state index is 6.43. The molecule has 0 amide bonds. The van der Waals surface area contributed by atoms with E-state index in [1.165, 1.54) is 0 Å². The second kappa shape index (κ2) is 7.06. The van der Waals surface area contributed by atoms with E-state index in [1.807, 2.05) is 19.1 Å². The lowest BCUT2D eigenvalue weighted by molar-refractivity contribution is 0.617. The third kappa shape index (κ3) is 2.98. The van der Waals surface area contributed by atoms with E-state index < -0.39 is 0 Å². The van der Waals surface area contributed by atoms with Crippen LogP contribution in [0, 0.1) is 6.92 Å². The Kier molecular flexibility index (Phi) is 5.23. The zero-order chi connectivity index (χ0) is 17.4. The maximum absolute atomic E-state index is 6.43. The van der Waals surface area contributed by atoms with Crippen LogP contribution in [0.25, 0.3) is 16.9 Å². The Labute approximate surface area is 159 Å². The van der Waals surface area contributed by atoms with Crippen LogP contribution in [0.15, 0.2) is 16.6 Å². The van der Waals surface area contributed by atoms with Gasteiger partial charge in [0.25, 0.3) is 0 Å². The Balaban J connectivity index is 2.26. The molecule has 0 aliphatic heterocycles. The Morgan fingerprint density at radius 3 is 2.42 bits per heavy atom. The van der Waals surface area contributed by atoms with Crippen LogP contribution in [-0.2, 0) is 13.0 Å². The Morgan fingerprint density at radius 1 is 1.17 bits per heavy atom. The summed E-state index contributed by atoms with van der Waals surface area (Å²) >= 11 is 16.3. The molecule has 0 radical (unpaired) electrons. The molecule has 3 rings (SSSR count). The molecule has 0 saturated carbocycles. The van der Waals surface area contributed by atoms with Gasteiger partial charge >= 0.3 is 0 Å². The molecule has 2 heterocycles. The van der Waals surface area contributed by atoms with Crippen LogP contribution in [-0.4, -0.2) is 19.3 Å². The number of fused-ring (bicyclic) bond motifs is 1. The first-order chi connectivity index (χ1) is 11.5. The van der Waals surface area contributed by atoms with Crippen LogP contribution in [0.1, 0.15) is 38.2 Å². The average molecular weight is 430 g/mol. The highest BCUT2D eigenvalue weighted by Gasteiger charge is 2.21. The normalized spacial score (nSPS) is 11.6. The van der Waals surface area contributed by atoms with Gasteiger partial charge in [-0.05, 0) is 25.5 Å². The topological polar surface area (TPSA) is 35.6 Å². The summed E-state index contributed by atoms with van der Waals surface area (Å²) in [4.78, 5) is 4.82. The van der Waals surface area contributed by atoms with Crippen molar-refractivity contribution >= 4 is 50.3 Å². The van der Waals surface area contributed by atoms with E-state index >= 15 is 0 Å². The molecule has 7 heteroatoms. The lowest BCUT2D eigenvalue weighted by Crippen LogP contribution is -2.04. The van der Waals surface area contributed by atoms with Gasteiger partial charge in [0.15, 0.2) is 5.65 Å². The lowest BCUT2D eigenvalue weighted by Gasteiger charge is -2.08. The lowest BCUT2D eigenvalue weighted by atomic mass is 10.3. The van der Waals surface area contributed by atoms with Gasteiger partial charge in [-0.1, -0.05) is 59.4 Å². The molecule has 128 valence electrons. The summed E-state index contributed by atoms with van der Waals surface area (Å²) in [7, 11) is 0. The highest BCUT2D eigenvalue weighted by molar-refractivity contribution is 9.10. The van der Waals surface area contributed by atoms with Crippen LogP contribution in [0.3, 0.4) is 0 Å². The molecule has 0 N–H and O–H groups in total. The number of hydrogen-bond acceptors (Lipinski definition) is 2. The maximum Gasteiger partial charge on any atom is 0.181 e. The smallest absolute Gasteiger partial charge is 0.181 e. The van der Waals surface area contributed by atoms with E-state index in [-0.39, 0.29) is 0 Å². The first-order valence-electron chi connectivity index (χ1n) is 8.07. The third-order valence-electron chi connectivity index (χ3n) is 4.07. The number of rotatable bonds is 5. The van der Waals surface area contributed by atoms with E-state index in [9.17, 15) is 0 Å². The standard InChI is InChI=1S/C17H19BrCl2N4/c1-4-6-7-23-14(5-2)21-17-15(23)10(3)22-24(17)16-12(19)8-11(18)9-13(16)20/h8-9H,4-7H2,1-3H3. The molecule has 0 spiro atoms. The molecule has 3 aromatic rings. The number of nitrogens with zero attached hydrogens (tertiary/aromatic N) is 4. The highest BCUT2D eigenvalue weighted by atomic mass is 79.9. The fourth-order valence-electron chi connectivity index (χ4n) is 2.95. The van der Waals surface area contributed by atoms with Crippen molar-refractivity contribution < 1.29 is 0 Å². The molecular formula is C17H19BrCl2N4. The van der Waals surface area contributed by atoms with Gasteiger partial charge in [0.1, 0.15) is 17.0 Å². The number of halogens is 3. The van der Waals surface area contributed by atoms with E-state index in [0.29, 0.717) is 15.7 Å². The van der Waals surface area contributed by atoms with E-state index in [0.717, 1.165) is 53.0 Å². The Morgan fingerprint density at radius 2 is 1.83 bits per heavy atom. The van der Waals surface area contributed by atoms with Crippen molar-refractivity contribution in [1.82, 2.24) is 19.3 Å². The van der Waals surface area contributed by atoms with Gasteiger partial charge in [-0.25, -0.2) is 9.67 Å². The molecule has 0 atom stereocenters. The summed E-state index contributed by atoms with van der Waals surface area (Å²) in [6.45, 7) is 7.27. The number of unbranched alkanes of at least 4 members (excludes halogenated alkanes) is 1. The van der Waals surface area contributed by atoms with Crippen molar-refractivity contribution in [2.75, 3.05) is 0 Å². The molecule has 0 unspecified atom stereocenters. The number of benzene rings is 1. The fraction of sp³-hybridized carbons (Fsp3) is 0.412. The monoisotopic (exact) mass is 428 g/mol. The van der Waals surface area contributed by atoms with Gasteiger partial charge in [-0.3, -0.25) is 0 Å². The third-order valence-corrected chi connectivity index (χ3v) is 5.10. The average Bonchev–Trinajstić information content (AvgIpc) is 3.02. The second-order valence-electron chi connectivity index (χ2n) is 5.77. The molecule has 4 nitrogen and oxygen atoms in total. The Hall–Kier alpha value is -1.04. The first kappa shape index (κ1) is 17.8. The minimum absolute atomic E-state index is 0.542. The largest absolute Gasteiger partial charge is 0.325 e. The van der Waals surface area contributed by atoms with Gasteiger partial charge in [0.05, 0.1) is 15.7 Å². The zero-order valence-corrected chi connectivity index (χ0v) is 17.0. The van der Waals surface area contributed by atoms with Gasteiger partial charge in [0, 0.05) is 17.4 Å². The molecule has 0 saturated heterocycles. The minimum atomic E-state index is 0.542. The predicted molar refractivity (Wildman–Crippen MR) is 104 cm³/mol. The minimum Gasteiger partial charge on any atom is -0.325 e. The molecule has 1 aromatic carbocycles. The molecule has 24 heavy (non-hydrogen) atoms. The quantitative estimate of drug-likeness (QED) is 0.501. The summed E-state index contributed by atoms with van der Waals surface area (Å²) in [6, 6.07) is 3.64. The van der Waals surface area contributed by atoms with Gasteiger partial charge in [0.2, 0.25) is 0 Å². The van der Waals surface area contributed by atoms with Crippen LogP contribution < -0.4 is 0 Å². The summed E-state index contributed by atoms with van der Waals surface area (Å²) < 4.78 is 4.88. The van der Waals surface area contributed by atoms with Crippen molar-refractivity contribution in [2.45, 2.75) is 46.6 Å². The Bertz CT molecular complexity index is 875. The van der Waals surface area contributed by atoms with Gasteiger partial charge < -0.3 is 4.57 Å². The number of aryl methyl sites for hydroxylation is 3. The van der Waals surface area contributed by atoms with Crippen LogP contribution in [0.4, 0.5) is 0 Å². The van der Waals surface area contributed by atoms with Crippen molar-refractivity contribution in [3.05, 3.63) is 38.2 Å². The van der Waals surface area contributed by atoms with Crippen molar-refractivity contribution in [3.8, 4) is 5.69 Å².